The van der Waals surface area contributed by atoms with Crippen LogP contribution in [-0.2, 0) is 9.53 Å². The van der Waals surface area contributed by atoms with E-state index in [1.807, 2.05) is 6.92 Å². The lowest BCUT2D eigenvalue weighted by Gasteiger charge is -2.33. The van der Waals surface area contributed by atoms with Crippen LogP contribution in [0.4, 0.5) is 0 Å². The lowest BCUT2D eigenvalue weighted by Crippen LogP contribution is -2.51. The molecule has 5 nitrogen and oxygen atoms in total. The summed E-state index contributed by atoms with van der Waals surface area (Å²) in [7, 11) is 0. The van der Waals surface area contributed by atoms with Gasteiger partial charge < -0.3 is 15.2 Å². The minimum absolute atomic E-state index is 0.161. The van der Waals surface area contributed by atoms with Gasteiger partial charge in [-0.25, -0.2) is 0 Å². The van der Waals surface area contributed by atoms with Crippen molar-refractivity contribution < 1.29 is 14.6 Å². The normalized spacial score (nSPS) is 35.6. The van der Waals surface area contributed by atoms with Gasteiger partial charge in [-0.2, -0.15) is 0 Å². The van der Waals surface area contributed by atoms with Crippen molar-refractivity contribution >= 4 is 5.91 Å². The second kappa shape index (κ2) is 6.23. The van der Waals surface area contributed by atoms with Crippen LogP contribution in [0.15, 0.2) is 0 Å². The molecule has 3 fully saturated rings. The first-order valence-corrected chi connectivity index (χ1v) is 8.37. The average Bonchev–Trinajstić information content (AvgIpc) is 3.20. The van der Waals surface area contributed by atoms with Gasteiger partial charge in [0.2, 0.25) is 5.91 Å². The van der Waals surface area contributed by atoms with Gasteiger partial charge in [0, 0.05) is 32.1 Å². The van der Waals surface area contributed by atoms with Crippen LogP contribution in [0.3, 0.4) is 0 Å². The SMILES string of the molecule is CC(O)(CNC(=O)C1C2CCCCC21)CN1CCOCC1. The Morgan fingerprint density at radius 3 is 2.52 bits per heavy atom. The molecule has 1 heterocycles. The topological polar surface area (TPSA) is 61.8 Å². The highest BCUT2D eigenvalue weighted by Crippen LogP contribution is 2.55. The zero-order chi connectivity index (χ0) is 14.9. The third kappa shape index (κ3) is 3.76. The number of fused-ring (bicyclic) bond motifs is 1. The molecule has 0 aromatic heterocycles. The maximum Gasteiger partial charge on any atom is 0.223 e. The quantitative estimate of drug-likeness (QED) is 0.781. The fourth-order valence-corrected chi connectivity index (χ4v) is 4.07. The summed E-state index contributed by atoms with van der Waals surface area (Å²) < 4.78 is 5.31. The molecule has 3 aliphatic rings. The van der Waals surface area contributed by atoms with E-state index in [4.69, 9.17) is 4.74 Å². The second-order valence-corrected chi connectivity index (χ2v) is 7.24. The number of ether oxygens (including phenoxy) is 1. The molecule has 1 aliphatic heterocycles. The van der Waals surface area contributed by atoms with Crippen LogP contribution in [0.1, 0.15) is 32.6 Å². The molecule has 3 rings (SSSR count). The van der Waals surface area contributed by atoms with E-state index in [2.05, 4.69) is 10.2 Å². The fourth-order valence-electron chi connectivity index (χ4n) is 4.07. The Morgan fingerprint density at radius 2 is 1.90 bits per heavy atom. The lowest BCUT2D eigenvalue weighted by molar-refractivity contribution is -0.124. The summed E-state index contributed by atoms with van der Waals surface area (Å²) in [5, 5.41) is 13.5. The molecular formula is C16H28N2O3. The molecule has 21 heavy (non-hydrogen) atoms. The second-order valence-electron chi connectivity index (χ2n) is 7.24. The van der Waals surface area contributed by atoms with Gasteiger partial charge in [0.15, 0.2) is 0 Å². The van der Waals surface area contributed by atoms with Crippen molar-refractivity contribution in [3.05, 3.63) is 0 Å². The molecule has 1 amide bonds. The molecular weight excluding hydrogens is 268 g/mol. The molecule has 3 unspecified atom stereocenters. The summed E-state index contributed by atoms with van der Waals surface area (Å²) in [5.41, 5.74) is -0.868. The molecule has 0 radical (unpaired) electrons. The first-order chi connectivity index (χ1) is 10.1. The number of aliphatic hydroxyl groups is 1. The van der Waals surface area contributed by atoms with E-state index in [0.717, 1.165) is 26.3 Å². The number of hydrogen-bond acceptors (Lipinski definition) is 4. The Hall–Kier alpha value is -0.650. The van der Waals surface area contributed by atoms with Crippen molar-refractivity contribution in [3.8, 4) is 0 Å². The molecule has 0 aromatic carbocycles. The minimum atomic E-state index is -0.868. The number of morpholine rings is 1. The Labute approximate surface area is 127 Å². The molecule has 5 heteroatoms. The predicted molar refractivity (Wildman–Crippen MR) is 79.8 cm³/mol. The summed E-state index contributed by atoms with van der Waals surface area (Å²) >= 11 is 0. The summed E-state index contributed by atoms with van der Waals surface area (Å²) in [6.07, 6.45) is 4.99. The first kappa shape index (κ1) is 15.3. The number of carbonyl (C=O) groups excluding carboxylic acids is 1. The van der Waals surface area contributed by atoms with Gasteiger partial charge >= 0.3 is 0 Å². The smallest absolute Gasteiger partial charge is 0.223 e. The van der Waals surface area contributed by atoms with Gasteiger partial charge in [-0.05, 0) is 31.6 Å². The van der Waals surface area contributed by atoms with Crippen LogP contribution < -0.4 is 5.32 Å². The number of hydrogen-bond donors (Lipinski definition) is 2. The van der Waals surface area contributed by atoms with Crippen LogP contribution >= 0.6 is 0 Å². The summed E-state index contributed by atoms with van der Waals surface area (Å²) in [6, 6.07) is 0. The number of rotatable bonds is 5. The minimum Gasteiger partial charge on any atom is -0.387 e. The number of amides is 1. The van der Waals surface area contributed by atoms with Gasteiger partial charge in [-0.1, -0.05) is 12.8 Å². The Morgan fingerprint density at radius 1 is 1.29 bits per heavy atom. The highest BCUT2D eigenvalue weighted by Gasteiger charge is 2.54. The van der Waals surface area contributed by atoms with Crippen molar-refractivity contribution in [2.75, 3.05) is 39.4 Å². The summed E-state index contributed by atoms with van der Waals surface area (Å²) in [4.78, 5) is 14.5. The van der Waals surface area contributed by atoms with Gasteiger partial charge in [0.25, 0.3) is 0 Å². The van der Waals surface area contributed by atoms with Crippen molar-refractivity contribution in [2.45, 2.75) is 38.2 Å². The van der Waals surface area contributed by atoms with E-state index < -0.39 is 5.60 Å². The molecule has 1 saturated heterocycles. The van der Waals surface area contributed by atoms with Gasteiger partial charge in [-0.15, -0.1) is 0 Å². The van der Waals surface area contributed by atoms with Gasteiger partial charge in [0.1, 0.15) is 0 Å². The lowest BCUT2D eigenvalue weighted by atomic mass is 10.0. The fraction of sp³-hybridized carbons (Fsp3) is 0.938. The van der Waals surface area contributed by atoms with Crippen molar-refractivity contribution in [1.82, 2.24) is 10.2 Å². The van der Waals surface area contributed by atoms with E-state index in [9.17, 15) is 9.90 Å². The van der Waals surface area contributed by atoms with Gasteiger partial charge in [0.05, 0.1) is 18.8 Å². The number of β-amino-alcohol motifs (C(OH)–C–C–N with tert-alkyl or cyclic N) is 1. The van der Waals surface area contributed by atoms with Crippen molar-refractivity contribution in [3.63, 3.8) is 0 Å². The third-order valence-electron chi connectivity index (χ3n) is 5.27. The maximum absolute atomic E-state index is 12.3. The van der Waals surface area contributed by atoms with Crippen LogP contribution in [-0.4, -0.2) is 60.9 Å². The van der Waals surface area contributed by atoms with E-state index in [1.54, 1.807) is 0 Å². The van der Waals surface area contributed by atoms with Crippen molar-refractivity contribution in [1.29, 1.82) is 0 Å². The highest BCUT2D eigenvalue weighted by molar-refractivity contribution is 5.82. The van der Waals surface area contributed by atoms with E-state index in [0.29, 0.717) is 24.9 Å². The van der Waals surface area contributed by atoms with Crippen LogP contribution in [0.25, 0.3) is 0 Å². The van der Waals surface area contributed by atoms with Crippen LogP contribution in [0, 0.1) is 17.8 Å². The van der Waals surface area contributed by atoms with E-state index in [-0.39, 0.29) is 11.8 Å². The van der Waals surface area contributed by atoms with E-state index in [1.165, 1.54) is 25.7 Å². The molecule has 0 bridgehead atoms. The molecule has 0 aromatic rings. The average molecular weight is 296 g/mol. The molecule has 3 atom stereocenters. The molecule has 0 spiro atoms. The molecule has 2 N–H and O–H groups in total. The zero-order valence-corrected chi connectivity index (χ0v) is 13.0. The number of nitrogens with zero attached hydrogens (tertiary/aromatic N) is 1. The molecule has 2 aliphatic carbocycles. The summed E-state index contributed by atoms with van der Waals surface area (Å²) in [6.45, 7) is 5.92. The number of nitrogens with one attached hydrogen (secondary N) is 1. The summed E-state index contributed by atoms with van der Waals surface area (Å²) in [5.74, 6) is 1.65. The first-order valence-electron chi connectivity index (χ1n) is 8.37. The van der Waals surface area contributed by atoms with Crippen LogP contribution in [0.2, 0.25) is 0 Å². The predicted octanol–water partition coefficient (Wildman–Crippen LogP) is 0.622. The monoisotopic (exact) mass is 296 g/mol. The van der Waals surface area contributed by atoms with Crippen molar-refractivity contribution in [2.24, 2.45) is 17.8 Å². The zero-order valence-electron chi connectivity index (χ0n) is 13.0. The number of carbonyl (C=O) groups is 1. The largest absolute Gasteiger partial charge is 0.387 e. The Kier molecular flexibility index (Phi) is 4.52. The molecule has 2 saturated carbocycles. The van der Waals surface area contributed by atoms with E-state index >= 15 is 0 Å². The standard InChI is InChI=1S/C16H28N2O3/c1-16(20,11-18-6-8-21-9-7-18)10-17-15(19)14-12-4-2-3-5-13(12)14/h12-14,20H,2-11H2,1H3,(H,17,19). The Balaban J connectivity index is 1.42. The maximum atomic E-state index is 12.3. The third-order valence-corrected chi connectivity index (χ3v) is 5.27. The Bertz CT molecular complexity index is 368. The highest BCUT2D eigenvalue weighted by atomic mass is 16.5. The molecule has 120 valence electrons. The van der Waals surface area contributed by atoms with Gasteiger partial charge in [-0.3, -0.25) is 9.69 Å². The van der Waals surface area contributed by atoms with Crippen LogP contribution in [0.5, 0.6) is 0 Å².